The van der Waals surface area contributed by atoms with Crippen LogP contribution in [0.4, 0.5) is 11.4 Å². The zero-order chi connectivity index (χ0) is 31.4. The van der Waals surface area contributed by atoms with E-state index in [0.717, 1.165) is 24.9 Å². The Balaban J connectivity index is 1.12. The summed E-state index contributed by atoms with van der Waals surface area (Å²) in [5.41, 5.74) is 1.72. The SMILES string of the molecule is CC(=O)N(C(=O)[C@@H]1CCCN1)c1ccc(-c2nnc(-c3ccc(NC(=O)[C@@]4(C(=O)Cc5cccnc5)CCCN4)cc3)o2)cc1. The number of aromatic nitrogens is 3. The van der Waals surface area contributed by atoms with Crippen molar-refractivity contribution in [2.45, 2.75) is 50.6 Å². The lowest BCUT2D eigenvalue weighted by Gasteiger charge is -2.27. The summed E-state index contributed by atoms with van der Waals surface area (Å²) in [6.07, 6.45) is 6.12. The van der Waals surface area contributed by atoms with Crippen molar-refractivity contribution in [2.24, 2.45) is 0 Å². The highest BCUT2D eigenvalue weighted by Gasteiger charge is 2.47. The summed E-state index contributed by atoms with van der Waals surface area (Å²) in [5, 5.41) is 17.5. The Kier molecular flexibility index (Phi) is 8.58. The number of hydrogen-bond acceptors (Lipinski definition) is 10. The van der Waals surface area contributed by atoms with Crippen molar-refractivity contribution >= 4 is 34.9 Å². The maximum atomic E-state index is 13.4. The Bertz CT molecular complexity index is 1690. The van der Waals surface area contributed by atoms with Crippen LogP contribution in [0, 0.1) is 0 Å². The molecule has 45 heavy (non-hydrogen) atoms. The quantitative estimate of drug-likeness (QED) is 0.241. The molecule has 4 heterocycles. The number of imide groups is 1. The molecular weight excluding hydrogens is 574 g/mol. The number of nitrogens with one attached hydrogen (secondary N) is 3. The van der Waals surface area contributed by atoms with Crippen LogP contribution in [0.2, 0.25) is 0 Å². The molecule has 3 N–H and O–H groups in total. The number of pyridine rings is 1. The van der Waals surface area contributed by atoms with Gasteiger partial charge >= 0.3 is 0 Å². The van der Waals surface area contributed by atoms with Crippen LogP contribution in [-0.4, -0.2) is 63.4 Å². The second kappa shape index (κ2) is 12.9. The maximum Gasteiger partial charge on any atom is 0.252 e. The molecular formula is C33H33N7O5. The number of carbonyl (C=O) groups is 4. The molecule has 0 saturated carbocycles. The van der Waals surface area contributed by atoms with Gasteiger partial charge in [0, 0.05) is 42.6 Å². The zero-order valence-electron chi connectivity index (χ0n) is 24.8. The number of hydrogen-bond donors (Lipinski definition) is 3. The van der Waals surface area contributed by atoms with Crippen LogP contribution in [0.3, 0.4) is 0 Å². The molecule has 4 aromatic rings. The van der Waals surface area contributed by atoms with E-state index in [-0.39, 0.29) is 41.8 Å². The third-order valence-corrected chi connectivity index (χ3v) is 8.19. The lowest BCUT2D eigenvalue weighted by Crippen LogP contribution is -2.57. The van der Waals surface area contributed by atoms with Crippen molar-refractivity contribution in [3.8, 4) is 22.9 Å². The summed E-state index contributed by atoms with van der Waals surface area (Å²) in [6.45, 7) is 2.71. The number of nitrogens with zero attached hydrogens (tertiary/aromatic N) is 4. The Morgan fingerprint density at radius 2 is 1.67 bits per heavy atom. The van der Waals surface area contributed by atoms with Gasteiger partial charge in [-0.05, 0) is 98.9 Å². The highest BCUT2D eigenvalue weighted by atomic mass is 16.4. The van der Waals surface area contributed by atoms with E-state index >= 15 is 0 Å². The first-order chi connectivity index (χ1) is 21.8. The second-order valence-electron chi connectivity index (χ2n) is 11.2. The molecule has 3 amide bonds. The lowest BCUT2D eigenvalue weighted by atomic mass is 9.87. The van der Waals surface area contributed by atoms with Crippen molar-refractivity contribution in [1.29, 1.82) is 0 Å². The van der Waals surface area contributed by atoms with Gasteiger partial charge in [0.1, 0.15) is 0 Å². The molecule has 2 aromatic carbocycles. The first kappa shape index (κ1) is 30.0. The number of Topliss-reactive ketones (excluding diaryl/α,β-unsaturated/α-hetero) is 1. The first-order valence-corrected chi connectivity index (χ1v) is 14.9. The monoisotopic (exact) mass is 607 g/mol. The van der Waals surface area contributed by atoms with Gasteiger partial charge in [-0.3, -0.25) is 29.5 Å². The van der Waals surface area contributed by atoms with Gasteiger partial charge in [0.2, 0.25) is 17.7 Å². The Morgan fingerprint density at radius 3 is 2.24 bits per heavy atom. The summed E-state index contributed by atoms with van der Waals surface area (Å²) in [4.78, 5) is 57.2. The molecule has 2 fully saturated rings. The van der Waals surface area contributed by atoms with Crippen LogP contribution in [0.15, 0.2) is 77.5 Å². The van der Waals surface area contributed by atoms with Gasteiger partial charge < -0.3 is 15.1 Å². The molecule has 2 aliphatic heterocycles. The molecule has 2 atom stereocenters. The maximum absolute atomic E-state index is 13.4. The van der Waals surface area contributed by atoms with Gasteiger partial charge in [-0.1, -0.05) is 6.07 Å². The van der Waals surface area contributed by atoms with E-state index in [0.29, 0.717) is 41.9 Å². The van der Waals surface area contributed by atoms with Crippen LogP contribution in [-0.2, 0) is 25.6 Å². The van der Waals surface area contributed by atoms with Crippen LogP contribution < -0.4 is 20.9 Å². The number of carbonyl (C=O) groups excluding carboxylic acids is 4. The molecule has 6 rings (SSSR count). The topological polar surface area (TPSA) is 159 Å². The second-order valence-corrected chi connectivity index (χ2v) is 11.2. The van der Waals surface area contributed by atoms with Gasteiger partial charge in [0.05, 0.1) is 11.7 Å². The van der Waals surface area contributed by atoms with E-state index in [1.54, 1.807) is 67.0 Å². The van der Waals surface area contributed by atoms with Crippen molar-refractivity contribution in [1.82, 2.24) is 25.8 Å². The van der Waals surface area contributed by atoms with Gasteiger partial charge in [-0.2, -0.15) is 0 Å². The van der Waals surface area contributed by atoms with Gasteiger partial charge in [-0.15, -0.1) is 10.2 Å². The van der Waals surface area contributed by atoms with E-state index in [2.05, 4.69) is 31.1 Å². The van der Waals surface area contributed by atoms with Crippen molar-refractivity contribution in [2.75, 3.05) is 23.3 Å². The molecule has 12 heteroatoms. The standard InChI is InChI=1S/C33H33N7O5/c1-21(41)40(31(43)27-6-3-17-35-27)26-13-9-24(10-14-26)30-39-38-29(45-30)23-7-11-25(12-8-23)37-32(44)33(15-4-18-36-33)28(42)19-22-5-2-16-34-20-22/h2,5,7-14,16,20,27,35-36H,3-4,6,15,17-19H2,1H3,(H,37,44)/t27-,33-/m0/s1. The van der Waals surface area contributed by atoms with Gasteiger partial charge in [0.15, 0.2) is 11.3 Å². The first-order valence-electron chi connectivity index (χ1n) is 14.9. The van der Waals surface area contributed by atoms with Gasteiger partial charge in [-0.25, -0.2) is 4.90 Å². The molecule has 0 bridgehead atoms. The van der Waals surface area contributed by atoms with E-state index in [9.17, 15) is 19.2 Å². The fraction of sp³-hybridized carbons (Fsp3) is 0.303. The normalized spacial score (nSPS) is 19.3. The average Bonchev–Trinajstić information content (AvgIpc) is 3.85. The predicted molar refractivity (Wildman–Crippen MR) is 166 cm³/mol. The fourth-order valence-electron chi connectivity index (χ4n) is 5.80. The lowest BCUT2D eigenvalue weighted by molar-refractivity contribution is -0.134. The third kappa shape index (κ3) is 6.28. The predicted octanol–water partition coefficient (Wildman–Crippen LogP) is 3.30. The molecule has 0 spiro atoms. The molecule has 0 unspecified atom stereocenters. The number of anilines is 2. The smallest absolute Gasteiger partial charge is 0.252 e. The molecule has 2 saturated heterocycles. The summed E-state index contributed by atoms with van der Waals surface area (Å²) < 4.78 is 5.91. The third-order valence-electron chi connectivity index (χ3n) is 8.19. The molecule has 0 radical (unpaired) electrons. The largest absolute Gasteiger partial charge is 0.416 e. The highest BCUT2D eigenvalue weighted by molar-refractivity contribution is 6.17. The zero-order valence-corrected chi connectivity index (χ0v) is 24.8. The molecule has 2 aromatic heterocycles. The van der Waals surface area contributed by atoms with E-state index < -0.39 is 11.4 Å². The summed E-state index contributed by atoms with van der Waals surface area (Å²) in [5.74, 6) is -0.658. The van der Waals surface area contributed by atoms with Crippen molar-refractivity contribution in [3.63, 3.8) is 0 Å². The van der Waals surface area contributed by atoms with Crippen LogP contribution in [0.5, 0.6) is 0 Å². The minimum atomic E-state index is -1.30. The number of benzene rings is 2. The number of ketones is 1. The number of amides is 3. The minimum absolute atomic E-state index is 0.112. The fourth-order valence-corrected chi connectivity index (χ4v) is 5.80. The summed E-state index contributed by atoms with van der Waals surface area (Å²) in [7, 11) is 0. The van der Waals surface area contributed by atoms with E-state index in [1.807, 2.05) is 6.07 Å². The summed E-state index contributed by atoms with van der Waals surface area (Å²) >= 11 is 0. The number of rotatable bonds is 9. The average molecular weight is 608 g/mol. The van der Waals surface area contributed by atoms with Crippen LogP contribution in [0.25, 0.3) is 22.9 Å². The highest BCUT2D eigenvalue weighted by Crippen LogP contribution is 2.29. The van der Waals surface area contributed by atoms with Crippen molar-refractivity contribution in [3.05, 3.63) is 78.6 Å². The molecule has 230 valence electrons. The Morgan fingerprint density at radius 1 is 0.956 bits per heavy atom. The molecule has 2 aliphatic rings. The summed E-state index contributed by atoms with van der Waals surface area (Å²) in [6, 6.07) is 16.9. The van der Waals surface area contributed by atoms with Crippen LogP contribution in [0.1, 0.15) is 38.2 Å². The van der Waals surface area contributed by atoms with Crippen LogP contribution >= 0.6 is 0 Å². The van der Waals surface area contributed by atoms with E-state index in [1.165, 1.54) is 11.8 Å². The van der Waals surface area contributed by atoms with Crippen molar-refractivity contribution < 1.29 is 23.6 Å². The Labute approximate surface area is 259 Å². The molecule has 0 aliphatic carbocycles. The van der Waals surface area contributed by atoms with Gasteiger partial charge in [0.25, 0.3) is 11.8 Å². The molecule has 12 nitrogen and oxygen atoms in total. The van der Waals surface area contributed by atoms with E-state index in [4.69, 9.17) is 4.42 Å². The minimum Gasteiger partial charge on any atom is -0.416 e. The Hall–Kier alpha value is -5.07.